The van der Waals surface area contributed by atoms with Gasteiger partial charge in [0.25, 0.3) is 0 Å². The van der Waals surface area contributed by atoms with Crippen LogP contribution in [0.2, 0.25) is 10.0 Å². The maximum Gasteiger partial charge on any atom is 0.248 e. The number of amides is 1. The fraction of sp³-hybridized carbons (Fsp3) is 0.250. The molecule has 0 saturated carbocycles. The number of hydrogen-bond acceptors (Lipinski definition) is 5. The van der Waals surface area contributed by atoms with Crippen LogP contribution in [-0.4, -0.2) is 22.1 Å². The average molecular weight is 331 g/mol. The number of anilines is 2. The predicted octanol–water partition coefficient (Wildman–Crippen LogP) is 3.59. The molecule has 106 valence electrons. The van der Waals surface area contributed by atoms with E-state index in [1.807, 2.05) is 6.92 Å². The van der Waals surface area contributed by atoms with Crippen LogP contribution in [0.15, 0.2) is 18.2 Å². The number of rotatable bonds is 4. The third-order valence-electron chi connectivity index (χ3n) is 2.45. The minimum Gasteiger partial charge on any atom is -0.373 e. The summed E-state index contributed by atoms with van der Waals surface area (Å²) in [6.45, 7) is 3.54. The van der Waals surface area contributed by atoms with Gasteiger partial charge in [0.15, 0.2) is 0 Å². The summed E-state index contributed by atoms with van der Waals surface area (Å²) in [5.41, 5.74) is 0.607. The van der Waals surface area contributed by atoms with Gasteiger partial charge in [0.1, 0.15) is 11.0 Å². The molecule has 0 spiro atoms. The third kappa shape index (κ3) is 3.82. The van der Waals surface area contributed by atoms with Gasteiger partial charge in [-0.1, -0.05) is 34.5 Å². The van der Waals surface area contributed by atoms with Gasteiger partial charge in [0, 0.05) is 5.02 Å². The van der Waals surface area contributed by atoms with Crippen molar-refractivity contribution in [1.82, 2.24) is 10.2 Å². The standard InChI is InChI=1S/C12H12Cl2N4OS/c1-6(11(19)16-12-18-17-7(2)20-12)15-10-5-8(13)3-4-9(10)14/h3-6,15H,1-2H3,(H,16,18,19)/t6-/m0/s1. The van der Waals surface area contributed by atoms with Crippen LogP contribution in [0.4, 0.5) is 10.8 Å². The molecule has 0 aliphatic carbocycles. The topological polar surface area (TPSA) is 66.9 Å². The molecule has 8 heteroatoms. The fourth-order valence-electron chi connectivity index (χ4n) is 1.47. The van der Waals surface area contributed by atoms with E-state index >= 15 is 0 Å². The summed E-state index contributed by atoms with van der Waals surface area (Å²) in [5.74, 6) is -0.225. The number of carbonyl (C=O) groups excluding carboxylic acids is 1. The van der Waals surface area contributed by atoms with E-state index in [2.05, 4.69) is 20.8 Å². The minimum absolute atomic E-state index is 0.225. The summed E-state index contributed by atoms with van der Waals surface area (Å²) >= 11 is 13.2. The molecule has 1 atom stereocenters. The quantitative estimate of drug-likeness (QED) is 0.898. The first-order valence-electron chi connectivity index (χ1n) is 5.78. The van der Waals surface area contributed by atoms with Crippen LogP contribution in [0.25, 0.3) is 0 Å². The van der Waals surface area contributed by atoms with E-state index in [-0.39, 0.29) is 5.91 Å². The molecule has 0 aliphatic heterocycles. The predicted molar refractivity (Wildman–Crippen MR) is 82.8 cm³/mol. The molecule has 0 radical (unpaired) electrons. The van der Waals surface area contributed by atoms with E-state index in [1.165, 1.54) is 11.3 Å². The first-order chi connectivity index (χ1) is 9.45. The Morgan fingerprint density at radius 1 is 1.35 bits per heavy atom. The molecular formula is C12H12Cl2N4OS. The molecule has 1 amide bonds. The van der Waals surface area contributed by atoms with E-state index in [9.17, 15) is 4.79 Å². The van der Waals surface area contributed by atoms with Crippen LogP contribution in [0.5, 0.6) is 0 Å². The van der Waals surface area contributed by atoms with E-state index in [0.717, 1.165) is 5.01 Å². The zero-order valence-electron chi connectivity index (χ0n) is 10.8. The van der Waals surface area contributed by atoms with Crippen molar-refractivity contribution in [2.75, 3.05) is 10.6 Å². The van der Waals surface area contributed by atoms with Crippen molar-refractivity contribution in [3.05, 3.63) is 33.3 Å². The van der Waals surface area contributed by atoms with Gasteiger partial charge in [-0.15, -0.1) is 10.2 Å². The molecule has 0 bridgehead atoms. The molecule has 20 heavy (non-hydrogen) atoms. The second kappa shape index (κ2) is 6.39. The monoisotopic (exact) mass is 330 g/mol. The van der Waals surface area contributed by atoms with Gasteiger partial charge < -0.3 is 5.32 Å². The van der Waals surface area contributed by atoms with Crippen LogP contribution in [0.1, 0.15) is 11.9 Å². The molecule has 0 fully saturated rings. The molecule has 5 nitrogen and oxygen atoms in total. The Balaban J connectivity index is 2.02. The van der Waals surface area contributed by atoms with E-state index < -0.39 is 6.04 Å². The Morgan fingerprint density at radius 3 is 2.75 bits per heavy atom. The smallest absolute Gasteiger partial charge is 0.248 e. The minimum atomic E-state index is -0.491. The summed E-state index contributed by atoms with van der Waals surface area (Å²) in [5, 5.41) is 15.7. The maximum atomic E-state index is 12.0. The van der Waals surface area contributed by atoms with Crippen molar-refractivity contribution in [3.63, 3.8) is 0 Å². The molecular weight excluding hydrogens is 319 g/mol. The lowest BCUT2D eigenvalue weighted by atomic mass is 10.2. The maximum absolute atomic E-state index is 12.0. The number of aromatic nitrogens is 2. The first kappa shape index (κ1) is 15.0. The summed E-state index contributed by atoms with van der Waals surface area (Å²) in [6.07, 6.45) is 0. The Hall–Kier alpha value is -1.37. The second-order valence-corrected chi connectivity index (χ2v) is 6.13. The van der Waals surface area contributed by atoms with Gasteiger partial charge in [0.2, 0.25) is 11.0 Å². The van der Waals surface area contributed by atoms with Crippen molar-refractivity contribution < 1.29 is 4.79 Å². The second-order valence-electron chi connectivity index (χ2n) is 4.11. The Kier molecular flexibility index (Phi) is 4.80. The number of halogens is 2. The van der Waals surface area contributed by atoms with Crippen LogP contribution >= 0.6 is 34.5 Å². The van der Waals surface area contributed by atoms with Crippen molar-refractivity contribution in [2.24, 2.45) is 0 Å². The van der Waals surface area contributed by atoms with Crippen molar-refractivity contribution in [3.8, 4) is 0 Å². The Bertz CT molecular complexity index is 632. The lowest BCUT2D eigenvalue weighted by Crippen LogP contribution is -2.31. The van der Waals surface area contributed by atoms with Crippen LogP contribution in [-0.2, 0) is 4.79 Å². The zero-order chi connectivity index (χ0) is 14.7. The lowest BCUT2D eigenvalue weighted by Gasteiger charge is -2.15. The van der Waals surface area contributed by atoms with E-state index in [4.69, 9.17) is 23.2 Å². The molecule has 0 aliphatic rings. The summed E-state index contributed by atoms with van der Waals surface area (Å²) in [4.78, 5) is 12.0. The van der Waals surface area contributed by atoms with Crippen LogP contribution in [0, 0.1) is 6.92 Å². The van der Waals surface area contributed by atoms with Crippen LogP contribution in [0.3, 0.4) is 0 Å². The lowest BCUT2D eigenvalue weighted by molar-refractivity contribution is -0.116. The highest BCUT2D eigenvalue weighted by Crippen LogP contribution is 2.26. The highest BCUT2D eigenvalue weighted by molar-refractivity contribution is 7.15. The average Bonchev–Trinajstić information content (AvgIpc) is 2.79. The molecule has 0 saturated heterocycles. The Labute approximate surface area is 130 Å². The fourth-order valence-corrected chi connectivity index (χ4v) is 2.41. The number of nitrogens with one attached hydrogen (secondary N) is 2. The first-order valence-corrected chi connectivity index (χ1v) is 7.35. The molecule has 2 N–H and O–H groups in total. The summed E-state index contributed by atoms with van der Waals surface area (Å²) in [7, 11) is 0. The number of carbonyl (C=O) groups is 1. The van der Waals surface area contributed by atoms with Gasteiger partial charge in [0.05, 0.1) is 10.7 Å². The molecule has 2 aromatic rings. The number of benzene rings is 1. The van der Waals surface area contributed by atoms with Crippen LogP contribution < -0.4 is 10.6 Å². The van der Waals surface area contributed by atoms with Gasteiger partial charge in [-0.05, 0) is 32.0 Å². The van der Waals surface area contributed by atoms with Crippen molar-refractivity contribution >= 4 is 51.3 Å². The zero-order valence-corrected chi connectivity index (χ0v) is 13.1. The highest BCUT2D eigenvalue weighted by Gasteiger charge is 2.16. The molecule has 1 aromatic carbocycles. The third-order valence-corrected chi connectivity index (χ3v) is 3.77. The molecule has 2 rings (SSSR count). The van der Waals surface area contributed by atoms with E-state index in [1.54, 1.807) is 25.1 Å². The van der Waals surface area contributed by atoms with Gasteiger partial charge in [-0.2, -0.15) is 0 Å². The van der Waals surface area contributed by atoms with Gasteiger partial charge >= 0.3 is 0 Å². The largest absolute Gasteiger partial charge is 0.373 e. The normalized spacial score (nSPS) is 12.0. The van der Waals surface area contributed by atoms with E-state index in [0.29, 0.717) is 20.9 Å². The van der Waals surface area contributed by atoms with Gasteiger partial charge in [-0.25, -0.2) is 0 Å². The molecule has 0 unspecified atom stereocenters. The van der Waals surface area contributed by atoms with Crippen molar-refractivity contribution in [1.29, 1.82) is 0 Å². The molecule has 1 heterocycles. The SMILES string of the molecule is Cc1nnc(NC(=O)[C@H](C)Nc2cc(Cl)ccc2Cl)s1. The summed E-state index contributed by atoms with van der Waals surface area (Å²) in [6, 6.07) is 4.53. The van der Waals surface area contributed by atoms with Gasteiger partial charge in [-0.3, -0.25) is 10.1 Å². The van der Waals surface area contributed by atoms with Crippen molar-refractivity contribution in [2.45, 2.75) is 19.9 Å². The highest BCUT2D eigenvalue weighted by atomic mass is 35.5. The number of hydrogen-bond donors (Lipinski definition) is 2. The number of nitrogens with zero attached hydrogens (tertiary/aromatic N) is 2. The molecule has 1 aromatic heterocycles. The summed E-state index contributed by atoms with van der Waals surface area (Å²) < 4.78 is 0. The number of aryl methyl sites for hydroxylation is 1. The Morgan fingerprint density at radius 2 is 2.10 bits per heavy atom.